The summed E-state index contributed by atoms with van der Waals surface area (Å²) in [6.45, 7) is 36.6. The Morgan fingerprint density at radius 2 is 1.40 bits per heavy atom. The lowest BCUT2D eigenvalue weighted by atomic mass is 9.93. The van der Waals surface area contributed by atoms with Crippen molar-refractivity contribution in [3.05, 3.63) is 142 Å². The van der Waals surface area contributed by atoms with Crippen LogP contribution in [0, 0.1) is 12.8 Å². The van der Waals surface area contributed by atoms with E-state index in [1.807, 2.05) is 51.1 Å². The minimum absolute atomic E-state index is 0.0166. The fourth-order valence-corrected chi connectivity index (χ4v) is 17.2. The van der Waals surface area contributed by atoms with E-state index in [-0.39, 0.29) is 39.4 Å². The summed E-state index contributed by atoms with van der Waals surface area (Å²) in [6, 6.07) is 36.7. The van der Waals surface area contributed by atoms with E-state index < -0.39 is 42.7 Å². The molecule has 1 aliphatic rings. The van der Waals surface area contributed by atoms with Crippen LogP contribution in [0.15, 0.2) is 125 Å². The highest BCUT2D eigenvalue weighted by Crippen LogP contribution is 2.48. The molecule has 0 radical (unpaired) electrons. The first-order valence-corrected chi connectivity index (χ1v) is 35.8. The van der Waals surface area contributed by atoms with Crippen LogP contribution in [-0.2, 0) is 23.1 Å². The smallest absolute Gasteiger partial charge is 0.338 e. The normalized spacial score (nSPS) is 18.2. The van der Waals surface area contributed by atoms with E-state index in [1.165, 1.54) is 10.4 Å². The Bertz CT molecular complexity index is 2410. The predicted octanol–water partition coefficient (Wildman–Crippen LogP) is 15.3. The molecule has 73 heavy (non-hydrogen) atoms. The molecule has 4 aromatic carbocycles. The molecule has 0 spiro atoms. The first kappa shape index (κ1) is 59.9. The Hall–Kier alpha value is -3.96. The van der Waals surface area contributed by atoms with Crippen LogP contribution in [0.1, 0.15) is 115 Å². The number of benzene rings is 4. The maximum atomic E-state index is 14.4. The summed E-state index contributed by atoms with van der Waals surface area (Å²) < 4.78 is 41.7. The molecule has 1 aliphatic heterocycles. The number of carbonyl (C=O) groups excluding carboxylic acids is 1. The van der Waals surface area contributed by atoms with Crippen molar-refractivity contribution in [2.24, 2.45) is 11.0 Å². The van der Waals surface area contributed by atoms with Crippen molar-refractivity contribution in [3.8, 4) is 5.75 Å². The molecule has 0 N–H and O–H groups in total. The van der Waals surface area contributed by atoms with Gasteiger partial charge in [0.05, 0.1) is 31.0 Å². The van der Waals surface area contributed by atoms with Crippen LogP contribution in [-0.4, -0.2) is 80.6 Å². The van der Waals surface area contributed by atoms with Gasteiger partial charge in [0.25, 0.3) is 8.32 Å². The van der Waals surface area contributed by atoms with Gasteiger partial charge in [0, 0.05) is 41.3 Å². The van der Waals surface area contributed by atoms with Crippen LogP contribution in [0.4, 0.5) is 0 Å². The van der Waals surface area contributed by atoms with E-state index >= 15 is 0 Å². The quantitative estimate of drug-likeness (QED) is 0.00940. The molecule has 0 aliphatic carbocycles. The van der Waals surface area contributed by atoms with Crippen LogP contribution < -0.4 is 15.1 Å². The van der Waals surface area contributed by atoms with Gasteiger partial charge in [0.1, 0.15) is 11.9 Å². The van der Waals surface area contributed by atoms with Crippen molar-refractivity contribution in [2.75, 3.05) is 19.8 Å². The third-order valence-corrected chi connectivity index (χ3v) is 27.0. The Morgan fingerprint density at radius 3 is 1.95 bits per heavy atom. The second-order valence-electron chi connectivity index (χ2n) is 24.0. The number of rotatable bonds is 25. The SMILES string of the molecule is Cc1ccc(OCCCN=[N+]=[N-])c(C(CC[C@H]2OC(C)(C)O[C@@H]2C(/C=C\[C@H](C)[C@H](C)O[Si](c2ccccc2)(c2ccccc2)C(C)(C)C)O[Si](C)(C)C(C)(C)C)Sc2ccccc2)c1C(=O)OCC[Si](C)(C)C. The number of ether oxygens (including phenoxy) is 4. The van der Waals surface area contributed by atoms with Gasteiger partial charge in [-0.3, -0.25) is 0 Å². The summed E-state index contributed by atoms with van der Waals surface area (Å²) in [6.07, 6.45) is 4.88. The summed E-state index contributed by atoms with van der Waals surface area (Å²) in [5, 5.41) is 5.74. The van der Waals surface area contributed by atoms with E-state index in [1.54, 1.807) is 11.8 Å². The van der Waals surface area contributed by atoms with Crippen molar-refractivity contribution in [1.82, 2.24) is 0 Å². The van der Waals surface area contributed by atoms with Gasteiger partial charge in [-0.1, -0.05) is 170 Å². The molecule has 398 valence electrons. The topological polar surface area (TPSA) is 121 Å². The third-order valence-electron chi connectivity index (χ3n) is 14.4. The monoisotopic (exact) mass is 1070 g/mol. The van der Waals surface area contributed by atoms with Crippen LogP contribution in [0.2, 0.25) is 48.9 Å². The zero-order valence-corrected chi connectivity index (χ0v) is 50.8. The highest BCUT2D eigenvalue weighted by atomic mass is 32.2. The van der Waals surface area contributed by atoms with E-state index in [9.17, 15) is 4.79 Å². The molecule has 14 heteroatoms. The van der Waals surface area contributed by atoms with Gasteiger partial charge in [-0.05, 0) is 122 Å². The highest BCUT2D eigenvalue weighted by molar-refractivity contribution is 7.99. The largest absolute Gasteiger partial charge is 0.493 e. The van der Waals surface area contributed by atoms with Crippen molar-refractivity contribution < 1.29 is 32.6 Å². The molecule has 1 heterocycles. The minimum atomic E-state index is -2.83. The average Bonchev–Trinajstić information content (AvgIpc) is 3.64. The number of aryl methyl sites for hydroxylation is 1. The summed E-state index contributed by atoms with van der Waals surface area (Å²) in [5.74, 6) is -0.606. The summed E-state index contributed by atoms with van der Waals surface area (Å²) >= 11 is 1.71. The first-order valence-electron chi connectivity index (χ1n) is 26.4. The van der Waals surface area contributed by atoms with Gasteiger partial charge in [-0.2, -0.15) is 0 Å². The summed E-state index contributed by atoms with van der Waals surface area (Å²) in [4.78, 5) is 18.4. The predicted molar refractivity (Wildman–Crippen MR) is 310 cm³/mol. The van der Waals surface area contributed by atoms with Crippen LogP contribution in [0.3, 0.4) is 0 Å². The molecule has 1 saturated heterocycles. The van der Waals surface area contributed by atoms with Crippen molar-refractivity contribution in [1.29, 1.82) is 0 Å². The van der Waals surface area contributed by atoms with Gasteiger partial charge < -0.3 is 27.8 Å². The molecule has 0 bridgehead atoms. The zero-order valence-electron chi connectivity index (χ0n) is 47.0. The number of hydrogen-bond acceptors (Lipinski definition) is 9. The number of esters is 1. The van der Waals surface area contributed by atoms with Gasteiger partial charge >= 0.3 is 5.97 Å². The third kappa shape index (κ3) is 16.3. The lowest BCUT2D eigenvalue weighted by molar-refractivity contribution is -0.152. The molecule has 6 atom stereocenters. The molecule has 0 amide bonds. The molecule has 0 aromatic heterocycles. The number of azide groups is 1. The number of carbonyl (C=O) groups is 1. The van der Waals surface area contributed by atoms with Crippen LogP contribution in [0.25, 0.3) is 10.4 Å². The standard InChI is InChI=1S/C59H87N3O7SSi3/c1-43(45(3)68-73(58(7,8)9,47-29-22-18-23-30-47)48-31-24-19-25-32-48)33-36-51(69-72(15,16)57(4,5)6)55-50(66-59(10,11)67-55)37-38-52(70-46-27-20-17-21-28-46)54-49(64-40-26-39-61-62-60)35-34-44(2)53(54)56(63)65-41-42-71(12,13)14/h17-25,27-36,43,45,50-52,55H,26,37-42H2,1-16H3/b36-33-/t43-,45-,50+,51?,52?,55-/m0/s1. The Balaban J connectivity index is 1.55. The molecular weight excluding hydrogens is 979 g/mol. The fourth-order valence-electron chi connectivity index (χ4n) is 9.17. The maximum Gasteiger partial charge on any atom is 0.338 e. The second kappa shape index (κ2) is 25.7. The lowest BCUT2D eigenvalue weighted by Gasteiger charge is -2.45. The highest BCUT2D eigenvalue weighted by Gasteiger charge is 2.52. The average molecular weight is 1070 g/mol. The number of nitrogens with zero attached hydrogens (tertiary/aromatic N) is 3. The van der Waals surface area contributed by atoms with Crippen molar-refractivity contribution >= 4 is 52.8 Å². The Labute approximate surface area is 446 Å². The lowest BCUT2D eigenvalue weighted by Crippen LogP contribution is -2.67. The van der Waals surface area contributed by atoms with Crippen molar-refractivity contribution in [2.45, 2.75) is 185 Å². The van der Waals surface area contributed by atoms with E-state index in [4.69, 9.17) is 33.3 Å². The first-order chi connectivity index (χ1) is 34.2. The maximum absolute atomic E-state index is 14.4. The molecule has 1 fully saturated rings. The molecule has 5 rings (SSSR count). The second-order valence-corrected chi connectivity index (χ2v) is 39.9. The summed E-state index contributed by atoms with van der Waals surface area (Å²) in [7, 11) is -6.72. The van der Waals surface area contributed by atoms with Crippen LogP contribution in [0.5, 0.6) is 5.75 Å². The van der Waals surface area contributed by atoms with E-state index in [2.05, 4.69) is 183 Å². The molecular formula is C59H87N3O7SSi3. The minimum Gasteiger partial charge on any atom is -0.493 e. The van der Waals surface area contributed by atoms with Gasteiger partial charge in [-0.15, -0.1) is 11.8 Å². The van der Waals surface area contributed by atoms with E-state index in [0.29, 0.717) is 50.3 Å². The van der Waals surface area contributed by atoms with Gasteiger partial charge in [-0.25, -0.2) is 4.79 Å². The number of hydrogen-bond donors (Lipinski definition) is 0. The Morgan fingerprint density at radius 1 is 0.808 bits per heavy atom. The zero-order chi connectivity index (χ0) is 53.8. The summed E-state index contributed by atoms with van der Waals surface area (Å²) in [5.41, 5.74) is 11.1. The van der Waals surface area contributed by atoms with Gasteiger partial charge in [0.15, 0.2) is 14.1 Å². The van der Waals surface area contributed by atoms with Gasteiger partial charge in [0.2, 0.25) is 0 Å². The molecule has 4 aromatic rings. The molecule has 2 unspecified atom stereocenters. The molecule has 0 saturated carbocycles. The number of thioether (sulfide) groups is 1. The Kier molecular flexibility index (Phi) is 21.1. The van der Waals surface area contributed by atoms with E-state index in [0.717, 1.165) is 22.1 Å². The van der Waals surface area contributed by atoms with Crippen molar-refractivity contribution in [3.63, 3.8) is 0 Å². The molecule has 10 nitrogen and oxygen atoms in total. The van der Waals surface area contributed by atoms with Crippen LogP contribution >= 0.6 is 11.8 Å². The fraction of sp³-hybridized carbons (Fsp3) is 0.542.